The molecule has 0 heterocycles. The molecule has 0 bridgehead atoms. The second kappa shape index (κ2) is 6.53. The van der Waals surface area contributed by atoms with E-state index in [9.17, 15) is 0 Å². The SMILES string of the molecule is CCC(CN)(Cc1ccccc1)N(C)C1CCCC1. The minimum absolute atomic E-state index is 0.121. The smallest absolute Gasteiger partial charge is 0.0369 e. The van der Waals surface area contributed by atoms with Gasteiger partial charge in [-0.25, -0.2) is 0 Å². The van der Waals surface area contributed by atoms with E-state index in [1.54, 1.807) is 0 Å². The summed E-state index contributed by atoms with van der Waals surface area (Å²) in [6.07, 6.45) is 7.62. The van der Waals surface area contributed by atoms with E-state index in [2.05, 4.69) is 49.2 Å². The van der Waals surface area contributed by atoms with Gasteiger partial charge in [-0.3, -0.25) is 4.90 Å². The van der Waals surface area contributed by atoms with Gasteiger partial charge in [0, 0.05) is 18.1 Å². The van der Waals surface area contributed by atoms with Gasteiger partial charge >= 0.3 is 0 Å². The number of nitrogens with zero attached hydrogens (tertiary/aromatic N) is 1. The van der Waals surface area contributed by atoms with Gasteiger partial charge in [0.25, 0.3) is 0 Å². The Hall–Kier alpha value is -0.860. The first-order chi connectivity index (χ1) is 9.22. The third-order valence-electron chi connectivity index (χ3n) is 5.03. The molecule has 1 aliphatic carbocycles. The molecule has 0 amide bonds. The topological polar surface area (TPSA) is 29.3 Å². The average molecular weight is 260 g/mol. The van der Waals surface area contributed by atoms with Gasteiger partial charge in [-0.1, -0.05) is 50.1 Å². The molecule has 1 aromatic carbocycles. The summed E-state index contributed by atoms with van der Waals surface area (Å²) < 4.78 is 0. The summed E-state index contributed by atoms with van der Waals surface area (Å²) in [5.74, 6) is 0. The Kier molecular flexibility index (Phi) is 5.00. The molecule has 1 fully saturated rings. The van der Waals surface area contributed by atoms with E-state index in [1.807, 2.05) is 0 Å². The second-order valence-corrected chi connectivity index (χ2v) is 5.99. The predicted molar refractivity (Wildman–Crippen MR) is 82.2 cm³/mol. The van der Waals surface area contributed by atoms with Crippen LogP contribution in [0.25, 0.3) is 0 Å². The van der Waals surface area contributed by atoms with Crippen molar-refractivity contribution in [2.24, 2.45) is 5.73 Å². The summed E-state index contributed by atoms with van der Waals surface area (Å²) in [4.78, 5) is 2.59. The maximum absolute atomic E-state index is 6.19. The normalized spacial score (nSPS) is 19.8. The third kappa shape index (κ3) is 3.18. The van der Waals surface area contributed by atoms with Crippen LogP contribution in [-0.2, 0) is 6.42 Å². The van der Waals surface area contributed by atoms with E-state index in [0.29, 0.717) is 0 Å². The molecule has 0 aliphatic heterocycles. The lowest BCUT2D eigenvalue weighted by Gasteiger charge is -2.44. The van der Waals surface area contributed by atoms with Crippen LogP contribution in [0.15, 0.2) is 30.3 Å². The molecule has 0 saturated heterocycles. The third-order valence-corrected chi connectivity index (χ3v) is 5.03. The highest BCUT2D eigenvalue weighted by Gasteiger charge is 2.36. The standard InChI is InChI=1S/C17H28N2/c1-3-17(14-18,13-15-9-5-4-6-10-15)19(2)16-11-7-8-12-16/h4-6,9-10,16H,3,7-8,11-14,18H2,1-2H3. The molecule has 106 valence electrons. The highest BCUT2D eigenvalue weighted by molar-refractivity contribution is 5.18. The number of hydrogen-bond donors (Lipinski definition) is 1. The number of nitrogens with two attached hydrogens (primary N) is 1. The predicted octanol–water partition coefficient (Wildman–Crippen LogP) is 3.21. The fourth-order valence-corrected chi connectivity index (χ4v) is 3.51. The minimum Gasteiger partial charge on any atom is -0.329 e. The zero-order valence-electron chi connectivity index (χ0n) is 12.4. The van der Waals surface area contributed by atoms with Crippen LogP contribution in [0.4, 0.5) is 0 Å². The fourth-order valence-electron chi connectivity index (χ4n) is 3.51. The highest BCUT2D eigenvalue weighted by atomic mass is 15.2. The van der Waals surface area contributed by atoms with Gasteiger partial charge in [-0.05, 0) is 38.3 Å². The molecule has 2 nitrogen and oxygen atoms in total. The molecule has 2 N–H and O–H groups in total. The number of benzene rings is 1. The van der Waals surface area contributed by atoms with E-state index in [1.165, 1.54) is 31.2 Å². The molecule has 1 atom stereocenters. The van der Waals surface area contributed by atoms with Gasteiger partial charge in [0.1, 0.15) is 0 Å². The zero-order chi connectivity index (χ0) is 13.7. The zero-order valence-corrected chi connectivity index (χ0v) is 12.4. The number of rotatable bonds is 6. The van der Waals surface area contributed by atoms with Crippen LogP contribution in [0.1, 0.15) is 44.6 Å². The van der Waals surface area contributed by atoms with Crippen LogP contribution >= 0.6 is 0 Å². The van der Waals surface area contributed by atoms with Crippen molar-refractivity contribution in [3.8, 4) is 0 Å². The highest BCUT2D eigenvalue weighted by Crippen LogP contribution is 2.31. The molecule has 2 rings (SSSR count). The first kappa shape index (κ1) is 14.5. The molecule has 1 unspecified atom stereocenters. The number of hydrogen-bond acceptors (Lipinski definition) is 2. The molecular weight excluding hydrogens is 232 g/mol. The molecule has 19 heavy (non-hydrogen) atoms. The van der Waals surface area contributed by atoms with Crippen LogP contribution < -0.4 is 5.73 Å². The fraction of sp³-hybridized carbons (Fsp3) is 0.647. The molecule has 1 aliphatic rings. The summed E-state index contributed by atoms with van der Waals surface area (Å²) in [6.45, 7) is 3.02. The van der Waals surface area contributed by atoms with Gasteiger partial charge in [-0.2, -0.15) is 0 Å². The second-order valence-electron chi connectivity index (χ2n) is 5.99. The van der Waals surface area contributed by atoms with Crippen molar-refractivity contribution >= 4 is 0 Å². The van der Waals surface area contributed by atoms with E-state index in [-0.39, 0.29) is 5.54 Å². The molecule has 1 saturated carbocycles. The van der Waals surface area contributed by atoms with Crippen molar-refractivity contribution in [1.82, 2.24) is 4.90 Å². The monoisotopic (exact) mass is 260 g/mol. The van der Waals surface area contributed by atoms with Crippen molar-refractivity contribution in [1.29, 1.82) is 0 Å². The maximum atomic E-state index is 6.19. The van der Waals surface area contributed by atoms with Gasteiger partial charge in [0.05, 0.1) is 0 Å². The largest absolute Gasteiger partial charge is 0.329 e. The van der Waals surface area contributed by atoms with Crippen LogP contribution in [0.2, 0.25) is 0 Å². The minimum atomic E-state index is 0.121. The lowest BCUT2D eigenvalue weighted by Crippen LogP contribution is -2.56. The summed E-state index contributed by atoms with van der Waals surface area (Å²) in [5, 5.41) is 0. The van der Waals surface area contributed by atoms with Crippen LogP contribution in [0, 0.1) is 0 Å². The van der Waals surface area contributed by atoms with Crippen molar-refractivity contribution in [2.45, 2.75) is 57.0 Å². The van der Waals surface area contributed by atoms with E-state index < -0.39 is 0 Å². The first-order valence-corrected chi connectivity index (χ1v) is 7.69. The van der Waals surface area contributed by atoms with Crippen LogP contribution in [-0.4, -0.2) is 30.1 Å². The Morgan fingerprint density at radius 1 is 1.21 bits per heavy atom. The van der Waals surface area contributed by atoms with Gasteiger partial charge in [0.15, 0.2) is 0 Å². The molecule has 2 heteroatoms. The molecule has 0 aromatic heterocycles. The van der Waals surface area contributed by atoms with Crippen molar-refractivity contribution in [3.63, 3.8) is 0 Å². The summed E-state index contributed by atoms with van der Waals surface area (Å²) in [7, 11) is 2.29. The Morgan fingerprint density at radius 3 is 2.37 bits per heavy atom. The summed E-state index contributed by atoms with van der Waals surface area (Å²) >= 11 is 0. The lowest BCUT2D eigenvalue weighted by molar-refractivity contribution is 0.0747. The number of likely N-dealkylation sites (N-methyl/N-ethyl adjacent to an activating group) is 1. The van der Waals surface area contributed by atoms with Gasteiger partial charge in [-0.15, -0.1) is 0 Å². The van der Waals surface area contributed by atoms with Gasteiger partial charge < -0.3 is 5.73 Å². The first-order valence-electron chi connectivity index (χ1n) is 7.69. The van der Waals surface area contributed by atoms with Crippen molar-refractivity contribution in [3.05, 3.63) is 35.9 Å². The lowest BCUT2D eigenvalue weighted by atomic mass is 9.85. The Labute approximate surface area is 118 Å². The van der Waals surface area contributed by atoms with E-state index in [0.717, 1.165) is 25.4 Å². The van der Waals surface area contributed by atoms with Crippen LogP contribution in [0.5, 0.6) is 0 Å². The molecular formula is C17H28N2. The van der Waals surface area contributed by atoms with Crippen molar-refractivity contribution in [2.75, 3.05) is 13.6 Å². The van der Waals surface area contributed by atoms with Crippen LogP contribution in [0.3, 0.4) is 0 Å². The summed E-state index contributed by atoms with van der Waals surface area (Å²) in [5.41, 5.74) is 7.72. The molecule has 1 aromatic rings. The molecule has 0 spiro atoms. The molecule has 0 radical (unpaired) electrons. The van der Waals surface area contributed by atoms with E-state index in [4.69, 9.17) is 5.73 Å². The average Bonchev–Trinajstić information content (AvgIpc) is 2.99. The Balaban J connectivity index is 2.16. The maximum Gasteiger partial charge on any atom is 0.0369 e. The van der Waals surface area contributed by atoms with Crippen molar-refractivity contribution < 1.29 is 0 Å². The van der Waals surface area contributed by atoms with Gasteiger partial charge in [0.2, 0.25) is 0 Å². The Bertz CT molecular complexity index is 364. The Morgan fingerprint density at radius 2 is 1.84 bits per heavy atom. The summed E-state index contributed by atoms with van der Waals surface area (Å²) in [6, 6.07) is 11.5. The van der Waals surface area contributed by atoms with E-state index >= 15 is 0 Å². The quantitative estimate of drug-likeness (QED) is 0.851.